The number of rotatable bonds is 22. The lowest BCUT2D eigenvalue weighted by molar-refractivity contribution is 0.0457. The molecule has 0 bridgehead atoms. The fourth-order valence-electron chi connectivity index (χ4n) is 4.28. The fourth-order valence-corrected chi connectivity index (χ4v) is 5.32. The van der Waals surface area contributed by atoms with E-state index in [2.05, 4.69) is 13.8 Å². The molecule has 0 spiro atoms. The normalized spacial score (nSPS) is 12.9. The van der Waals surface area contributed by atoms with Gasteiger partial charge in [-0.15, -0.1) is 0 Å². The number of nitrogens with zero attached hydrogens (tertiary/aromatic N) is 1. The molecule has 35 heavy (non-hydrogen) atoms. The highest BCUT2D eigenvalue weighted by Crippen LogP contribution is 2.21. The van der Waals surface area contributed by atoms with Crippen LogP contribution in [-0.2, 0) is 0 Å². The van der Waals surface area contributed by atoms with Gasteiger partial charge in [-0.3, -0.25) is 4.90 Å². The summed E-state index contributed by atoms with van der Waals surface area (Å²) in [4.78, 5) is 13.0. The summed E-state index contributed by atoms with van der Waals surface area (Å²) in [5.74, 6) is 1.46. The fraction of sp³-hybridized carbons (Fsp3) is 0.759. The van der Waals surface area contributed by atoms with E-state index in [0.29, 0.717) is 17.5 Å². The molecule has 1 rings (SSSR count). The van der Waals surface area contributed by atoms with E-state index in [9.17, 15) is 15.0 Å². The number of hydrogen-bond acceptors (Lipinski definition) is 4. The molecule has 0 aromatic heterocycles. The zero-order valence-electron chi connectivity index (χ0n) is 22.6. The standard InChI is InChI=1S/C29H51NO4S/c1-4-5-6-7-8-9-10-11-12-13-14-15-16-17-18-25(2)35-24-23-30(29(32)33)26(3)34-28-21-19-27(31)20-22-28/h19-22,25-26,31H,4-18,23-24H2,1-3H3,(H,32,33). The molecule has 1 aromatic carbocycles. The molecule has 6 heteroatoms. The van der Waals surface area contributed by atoms with E-state index in [-0.39, 0.29) is 5.75 Å². The van der Waals surface area contributed by atoms with E-state index in [1.807, 2.05) is 11.8 Å². The van der Waals surface area contributed by atoms with Crippen molar-refractivity contribution in [3.05, 3.63) is 24.3 Å². The Hall–Kier alpha value is -1.56. The summed E-state index contributed by atoms with van der Waals surface area (Å²) in [7, 11) is 0. The van der Waals surface area contributed by atoms with Crippen molar-refractivity contribution in [1.29, 1.82) is 0 Å². The number of benzene rings is 1. The molecule has 0 fully saturated rings. The van der Waals surface area contributed by atoms with Gasteiger partial charge in [0, 0.05) is 17.5 Å². The Kier molecular flexibility index (Phi) is 18.5. The van der Waals surface area contributed by atoms with Crippen LogP contribution in [0.2, 0.25) is 0 Å². The van der Waals surface area contributed by atoms with Crippen molar-refractivity contribution in [2.24, 2.45) is 0 Å². The average Bonchev–Trinajstić information content (AvgIpc) is 2.83. The lowest BCUT2D eigenvalue weighted by Gasteiger charge is -2.27. The highest BCUT2D eigenvalue weighted by molar-refractivity contribution is 7.99. The Morgan fingerprint density at radius 1 is 0.857 bits per heavy atom. The molecule has 0 saturated heterocycles. The highest BCUT2D eigenvalue weighted by Gasteiger charge is 2.20. The lowest BCUT2D eigenvalue weighted by atomic mass is 10.0. The summed E-state index contributed by atoms with van der Waals surface area (Å²) >= 11 is 1.84. The van der Waals surface area contributed by atoms with Gasteiger partial charge in [0.25, 0.3) is 0 Å². The minimum atomic E-state index is -0.975. The quantitative estimate of drug-likeness (QED) is 0.120. The minimum absolute atomic E-state index is 0.157. The van der Waals surface area contributed by atoms with Gasteiger partial charge in [-0.2, -0.15) is 11.8 Å². The SMILES string of the molecule is CCCCCCCCCCCCCCCCC(C)SCCN(C(=O)O)C(C)Oc1ccc(O)cc1. The largest absolute Gasteiger partial charge is 0.508 e. The predicted molar refractivity (Wildman–Crippen MR) is 150 cm³/mol. The Morgan fingerprint density at radius 2 is 1.34 bits per heavy atom. The molecule has 5 nitrogen and oxygen atoms in total. The van der Waals surface area contributed by atoms with Crippen molar-refractivity contribution in [2.45, 2.75) is 129 Å². The molecule has 0 radical (unpaired) electrons. The molecule has 2 unspecified atom stereocenters. The van der Waals surface area contributed by atoms with Gasteiger partial charge in [0.1, 0.15) is 11.5 Å². The Labute approximate surface area is 219 Å². The number of ether oxygens (including phenoxy) is 1. The number of phenols is 1. The Balaban J connectivity index is 2.02. The monoisotopic (exact) mass is 509 g/mol. The maximum absolute atomic E-state index is 11.7. The maximum Gasteiger partial charge on any atom is 0.410 e. The second-order valence-electron chi connectivity index (χ2n) is 9.75. The van der Waals surface area contributed by atoms with Crippen LogP contribution in [0, 0.1) is 0 Å². The molecule has 1 aromatic rings. The molecule has 0 aliphatic rings. The first-order valence-electron chi connectivity index (χ1n) is 14.0. The number of carboxylic acid groups (broad SMARTS) is 1. The van der Waals surface area contributed by atoms with Crippen LogP contribution >= 0.6 is 11.8 Å². The Bertz CT molecular complexity index is 640. The van der Waals surface area contributed by atoms with Crippen LogP contribution in [0.5, 0.6) is 11.5 Å². The van der Waals surface area contributed by atoms with E-state index in [1.165, 1.54) is 113 Å². The van der Waals surface area contributed by atoms with Gasteiger partial charge in [0.15, 0.2) is 6.23 Å². The third kappa shape index (κ3) is 16.7. The second kappa shape index (κ2) is 20.6. The summed E-state index contributed by atoms with van der Waals surface area (Å²) in [6.07, 6.45) is 19.0. The van der Waals surface area contributed by atoms with Crippen LogP contribution in [-0.4, -0.2) is 45.0 Å². The van der Waals surface area contributed by atoms with Gasteiger partial charge in [-0.1, -0.05) is 104 Å². The molecule has 2 N–H and O–H groups in total. The van der Waals surface area contributed by atoms with Crippen molar-refractivity contribution >= 4 is 17.9 Å². The smallest absolute Gasteiger partial charge is 0.410 e. The zero-order chi connectivity index (χ0) is 25.7. The molecule has 202 valence electrons. The van der Waals surface area contributed by atoms with Gasteiger partial charge in [-0.05, 0) is 37.6 Å². The summed E-state index contributed by atoms with van der Waals surface area (Å²) in [6.45, 7) is 6.69. The van der Waals surface area contributed by atoms with Gasteiger partial charge in [0.05, 0.1) is 0 Å². The first-order valence-corrected chi connectivity index (χ1v) is 15.1. The van der Waals surface area contributed by atoms with Gasteiger partial charge in [0.2, 0.25) is 0 Å². The van der Waals surface area contributed by atoms with Crippen molar-refractivity contribution < 1.29 is 19.7 Å². The van der Waals surface area contributed by atoms with E-state index in [4.69, 9.17) is 4.74 Å². The van der Waals surface area contributed by atoms with Gasteiger partial charge >= 0.3 is 6.09 Å². The number of thioether (sulfide) groups is 1. The first kappa shape index (κ1) is 31.5. The van der Waals surface area contributed by atoms with Crippen LogP contribution in [0.25, 0.3) is 0 Å². The van der Waals surface area contributed by atoms with E-state index < -0.39 is 12.3 Å². The van der Waals surface area contributed by atoms with E-state index in [1.54, 1.807) is 19.1 Å². The van der Waals surface area contributed by atoms with E-state index >= 15 is 0 Å². The molecule has 0 aliphatic heterocycles. The highest BCUT2D eigenvalue weighted by atomic mass is 32.2. The summed E-state index contributed by atoms with van der Waals surface area (Å²) < 4.78 is 5.73. The molecule has 0 heterocycles. The summed E-state index contributed by atoms with van der Waals surface area (Å²) in [5.41, 5.74) is 0. The molecular weight excluding hydrogens is 458 g/mol. The number of unbranched alkanes of at least 4 members (excludes halogenated alkanes) is 13. The number of aromatic hydroxyl groups is 1. The van der Waals surface area contributed by atoms with Crippen molar-refractivity contribution in [3.8, 4) is 11.5 Å². The second-order valence-corrected chi connectivity index (χ2v) is 11.3. The topological polar surface area (TPSA) is 70.0 Å². The van der Waals surface area contributed by atoms with Crippen LogP contribution in [0.15, 0.2) is 24.3 Å². The molecular formula is C29H51NO4S. The van der Waals surface area contributed by atoms with Gasteiger partial charge in [-0.25, -0.2) is 4.79 Å². The average molecular weight is 510 g/mol. The Morgan fingerprint density at radius 3 is 1.83 bits per heavy atom. The minimum Gasteiger partial charge on any atom is -0.508 e. The van der Waals surface area contributed by atoms with Crippen LogP contribution in [0.4, 0.5) is 4.79 Å². The molecule has 2 atom stereocenters. The third-order valence-electron chi connectivity index (χ3n) is 6.53. The molecule has 1 amide bonds. The van der Waals surface area contributed by atoms with Crippen molar-refractivity contribution in [1.82, 2.24) is 4.90 Å². The number of hydrogen-bond donors (Lipinski definition) is 2. The van der Waals surface area contributed by atoms with Crippen LogP contribution in [0.1, 0.15) is 117 Å². The maximum atomic E-state index is 11.7. The number of amides is 1. The van der Waals surface area contributed by atoms with E-state index in [0.717, 1.165) is 5.75 Å². The first-order chi connectivity index (χ1) is 16.9. The summed E-state index contributed by atoms with van der Waals surface area (Å²) in [6, 6.07) is 6.34. The van der Waals surface area contributed by atoms with Crippen molar-refractivity contribution in [2.75, 3.05) is 12.3 Å². The third-order valence-corrected chi connectivity index (χ3v) is 7.75. The number of carbonyl (C=O) groups is 1. The van der Waals surface area contributed by atoms with Crippen LogP contribution < -0.4 is 4.74 Å². The predicted octanol–water partition coefficient (Wildman–Crippen LogP) is 9.09. The van der Waals surface area contributed by atoms with Crippen LogP contribution in [0.3, 0.4) is 0 Å². The van der Waals surface area contributed by atoms with Gasteiger partial charge < -0.3 is 14.9 Å². The molecule has 0 aliphatic carbocycles. The summed E-state index contributed by atoms with van der Waals surface area (Å²) in [5, 5.41) is 19.5. The lowest BCUT2D eigenvalue weighted by Crippen LogP contribution is -2.42. The number of phenolic OH excluding ortho intramolecular Hbond substituents is 1. The molecule has 0 saturated carbocycles. The van der Waals surface area contributed by atoms with Crippen molar-refractivity contribution in [3.63, 3.8) is 0 Å². The zero-order valence-corrected chi connectivity index (χ0v) is 23.4.